The maximum absolute atomic E-state index is 8.24. The molecule has 0 spiro atoms. The SMILES string of the molecule is [CH]=CC(O)CO. The average Bonchev–Trinajstić information content (AvgIpc) is 1.65. The van der Waals surface area contributed by atoms with Gasteiger partial charge >= 0.3 is 0 Å². The first-order valence-corrected chi connectivity index (χ1v) is 1.65. The van der Waals surface area contributed by atoms with E-state index in [4.69, 9.17) is 16.8 Å². The third-order valence-corrected chi connectivity index (χ3v) is 0.409. The van der Waals surface area contributed by atoms with Crippen LogP contribution in [-0.2, 0) is 0 Å². The van der Waals surface area contributed by atoms with Gasteiger partial charge in [-0.2, -0.15) is 0 Å². The van der Waals surface area contributed by atoms with Crippen molar-refractivity contribution in [3.8, 4) is 0 Å². The van der Waals surface area contributed by atoms with Gasteiger partial charge in [0, 0.05) is 0 Å². The summed E-state index contributed by atoms with van der Waals surface area (Å²) in [5.41, 5.74) is 0. The topological polar surface area (TPSA) is 40.5 Å². The molecule has 2 heteroatoms. The molecule has 35 valence electrons. The Morgan fingerprint density at radius 1 is 1.83 bits per heavy atom. The quantitative estimate of drug-likeness (QED) is 0.469. The Balaban J connectivity index is 2.96. The van der Waals surface area contributed by atoms with E-state index in [-0.39, 0.29) is 6.61 Å². The van der Waals surface area contributed by atoms with E-state index < -0.39 is 6.10 Å². The minimum atomic E-state index is -0.856. The van der Waals surface area contributed by atoms with Crippen LogP contribution in [0.4, 0.5) is 0 Å². The van der Waals surface area contributed by atoms with Gasteiger partial charge in [-0.05, 0) is 0 Å². The lowest BCUT2D eigenvalue weighted by atomic mass is 10.4. The highest BCUT2D eigenvalue weighted by molar-refractivity contribution is 4.72. The van der Waals surface area contributed by atoms with Crippen LogP contribution >= 0.6 is 0 Å². The molecule has 1 atom stereocenters. The Labute approximate surface area is 36.7 Å². The molecular formula is C4H7O2. The van der Waals surface area contributed by atoms with Crippen molar-refractivity contribution in [2.75, 3.05) is 6.61 Å². The molecule has 2 nitrogen and oxygen atoms in total. The Bertz CT molecular complexity index is 42.8. The molecule has 0 saturated heterocycles. The molecule has 0 aromatic heterocycles. The molecule has 1 unspecified atom stereocenters. The fourth-order valence-corrected chi connectivity index (χ4v) is 0.0609. The van der Waals surface area contributed by atoms with Gasteiger partial charge in [-0.25, -0.2) is 0 Å². The second-order valence-electron chi connectivity index (χ2n) is 0.942. The average molecular weight is 87.1 g/mol. The van der Waals surface area contributed by atoms with Crippen LogP contribution in [-0.4, -0.2) is 22.9 Å². The Morgan fingerprint density at radius 3 is 2.33 bits per heavy atom. The largest absolute Gasteiger partial charge is 0.393 e. The fraction of sp³-hybridized carbons (Fsp3) is 0.500. The zero-order chi connectivity index (χ0) is 4.99. The number of hydrogen-bond donors (Lipinski definition) is 2. The molecule has 6 heavy (non-hydrogen) atoms. The van der Waals surface area contributed by atoms with Gasteiger partial charge in [0.2, 0.25) is 0 Å². The van der Waals surface area contributed by atoms with Crippen molar-refractivity contribution in [1.29, 1.82) is 0 Å². The summed E-state index contributed by atoms with van der Waals surface area (Å²) in [6.45, 7) is 4.45. The molecule has 0 rings (SSSR count). The molecular weight excluding hydrogens is 80.0 g/mol. The van der Waals surface area contributed by atoms with Crippen molar-refractivity contribution in [3.63, 3.8) is 0 Å². The standard InChI is InChI=1S/C4H7O2/c1-2-4(6)3-5/h1-2,4-6H,3H2. The minimum absolute atomic E-state index is 0.295. The summed E-state index contributed by atoms with van der Waals surface area (Å²) in [5, 5.41) is 16.2. The van der Waals surface area contributed by atoms with Gasteiger partial charge in [-0.1, -0.05) is 12.7 Å². The van der Waals surface area contributed by atoms with E-state index in [0.29, 0.717) is 0 Å². The number of hydrogen-bond acceptors (Lipinski definition) is 2. The van der Waals surface area contributed by atoms with Crippen molar-refractivity contribution >= 4 is 0 Å². The first-order chi connectivity index (χ1) is 2.81. The van der Waals surface area contributed by atoms with E-state index in [0.717, 1.165) is 6.08 Å². The highest BCUT2D eigenvalue weighted by Crippen LogP contribution is 1.75. The highest BCUT2D eigenvalue weighted by atomic mass is 16.3. The van der Waals surface area contributed by atoms with Crippen molar-refractivity contribution in [1.82, 2.24) is 0 Å². The molecule has 0 aliphatic carbocycles. The summed E-state index contributed by atoms with van der Waals surface area (Å²) >= 11 is 0. The van der Waals surface area contributed by atoms with Crippen LogP contribution in [0.25, 0.3) is 0 Å². The van der Waals surface area contributed by atoms with Gasteiger partial charge in [0.25, 0.3) is 0 Å². The molecule has 2 N–H and O–H groups in total. The molecule has 0 aromatic carbocycles. The second kappa shape index (κ2) is 2.87. The normalized spacial score (nSPS) is 13.7. The molecule has 0 fully saturated rings. The molecule has 0 bridgehead atoms. The van der Waals surface area contributed by atoms with Crippen LogP contribution in [0.2, 0.25) is 0 Å². The second-order valence-corrected chi connectivity index (χ2v) is 0.942. The van der Waals surface area contributed by atoms with E-state index in [1.54, 1.807) is 0 Å². The van der Waals surface area contributed by atoms with Gasteiger partial charge in [0.05, 0.1) is 12.7 Å². The lowest BCUT2D eigenvalue weighted by molar-refractivity contribution is 0.131. The first kappa shape index (κ1) is 5.66. The molecule has 0 saturated carbocycles. The molecule has 0 heterocycles. The van der Waals surface area contributed by atoms with E-state index >= 15 is 0 Å². The van der Waals surface area contributed by atoms with Crippen molar-refractivity contribution < 1.29 is 10.2 Å². The molecule has 0 aliphatic rings. The lowest BCUT2D eigenvalue weighted by Crippen LogP contribution is -2.05. The Hall–Kier alpha value is -0.340. The van der Waals surface area contributed by atoms with Gasteiger partial charge in [-0.3, -0.25) is 0 Å². The summed E-state index contributed by atoms with van der Waals surface area (Å²) in [7, 11) is 0. The van der Waals surface area contributed by atoms with Gasteiger partial charge in [0.1, 0.15) is 0 Å². The Morgan fingerprint density at radius 2 is 2.33 bits per heavy atom. The minimum Gasteiger partial charge on any atom is -0.393 e. The molecule has 0 aliphatic heterocycles. The van der Waals surface area contributed by atoms with Crippen LogP contribution in [0.3, 0.4) is 0 Å². The summed E-state index contributed by atoms with van der Waals surface area (Å²) in [6.07, 6.45) is 0.171. The number of aliphatic hydroxyl groups is 2. The summed E-state index contributed by atoms with van der Waals surface area (Å²) in [6, 6.07) is 0. The predicted octanol–water partition coefficient (Wildman–Crippen LogP) is -0.671. The van der Waals surface area contributed by atoms with Crippen LogP contribution in [0, 0.1) is 6.58 Å². The van der Waals surface area contributed by atoms with Crippen LogP contribution < -0.4 is 0 Å². The van der Waals surface area contributed by atoms with Crippen LogP contribution in [0.1, 0.15) is 0 Å². The smallest absolute Gasteiger partial charge is 0.0954 e. The van der Waals surface area contributed by atoms with E-state index in [1.165, 1.54) is 0 Å². The monoisotopic (exact) mass is 87.0 g/mol. The number of rotatable bonds is 2. The maximum atomic E-state index is 8.24. The third kappa shape index (κ3) is 1.93. The predicted molar refractivity (Wildman–Crippen MR) is 22.0 cm³/mol. The number of aliphatic hydroxyl groups excluding tert-OH is 2. The van der Waals surface area contributed by atoms with E-state index in [2.05, 4.69) is 0 Å². The highest BCUT2D eigenvalue weighted by Gasteiger charge is 1.88. The van der Waals surface area contributed by atoms with Crippen molar-refractivity contribution in [2.24, 2.45) is 0 Å². The fourth-order valence-electron chi connectivity index (χ4n) is 0.0609. The van der Waals surface area contributed by atoms with E-state index in [9.17, 15) is 0 Å². The molecule has 0 amide bonds. The third-order valence-electron chi connectivity index (χ3n) is 0.409. The molecule has 0 aromatic rings. The van der Waals surface area contributed by atoms with Crippen LogP contribution in [0.5, 0.6) is 0 Å². The van der Waals surface area contributed by atoms with Crippen LogP contribution in [0.15, 0.2) is 6.08 Å². The molecule has 1 radical (unpaired) electrons. The maximum Gasteiger partial charge on any atom is 0.0954 e. The lowest BCUT2D eigenvalue weighted by Gasteiger charge is -1.92. The van der Waals surface area contributed by atoms with E-state index in [1.807, 2.05) is 0 Å². The van der Waals surface area contributed by atoms with Crippen molar-refractivity contribution in [2.45, 2.75) is 6.10 Å². The van der Waals surface area contributed by atoms with Gasteiger partial charge in [-0.15, -0.1) is 0 Å². The summed E-state index contributed by atoms with van der Waals surface area (Å²) < 4.78 is 0. The van der Waals surface area contributed by atoms with Gasteiger partial charge in [0.15, 0.2) is 0 Å². The first-order valence-electron chi connectivity index (χ1n) is 1.65. The zero-order valence-electron chi connectivity index (χ0n) is 3.33. The zero-order valence-corrected chi connectivity index (χ0v) is 3.33. The summed E-state index contributed by atoms with van der Waals surface area (Å²) in [4.78, 5) is 0. The van der Waals surface area contributed by atoms with Crippen molar-refractivity contribution in [3.05, 3.63) is 12.7 Å². The summed E-state index contributed by atoms with van der Waals surface area (Å²) in [5.74, 6) is 0. The Kier molecular flexibility index (Phi) is 2.71. The van der Waals surface area contributed by atoms with Gasteiger partial charge < -0.3 is 10.2 Å².